The third-order valence-corrected chi connectivity index (χ3v) is 3.07. The molecule has 0 atom stereocenters. The molecule has 1 aliphatic carbocycles. The lowest BCUT2D eigenvalue weighted by atomic mass is 9.91. The third kappa shape index (κ3) is 2.99. The highest BCUT2D eigenvalue weighted by Crippen LogP contribution is 2.24. The van der Waals surface area contributed by atoms with Crippen LogP contribution in [0, 0.1) is 0 Å². The van der Waals surface area contributed by atoms with Crippen molar-refractivity contribution < 1.29 is 5.11 Å². The van der Waals surface area contributed by atoms with Crippen molar-refractivity contribution in [2.45, 2.75) is 45.1 Å². The number of benzene rings is 1. The number of rotatable bonds is 3. The smallest absolute Gasteiger partial charge is 0.0763 e. The van der Waals surface area contributed by atoms with Gasteiger partial charge in [0.15, 0.2) is 0 Å². The molecule has 0 spiro atoms. The Hall–Kier alpha value is -1.02. The Labute approximate surface area is 97.7 Å². The van der Waals surface area contributed by atoms with Gasteiger partial charge in [-0.05, 0) is 62.8 Å². The molecule has 0 bridgehead atoms. The van der Waals surface area contributed by atoms with Gasteiger partial charge in [-0.3, -0.25) is 0 Å². The molecule has 1 aliphatic rings. The highest BCUT2D eigenvalue weighted by atomic mass is 16.3. The molecule has 0 fully saturated rings. The van der Waals surface area contributed by atoms with E-state index < -0.39 is 5.60 Å². The summed E-state index contributed by atoms with van der Waals surface area (Å²) in [6.07, 6.45) is 5.06. The maximum atomic E-state index is 9.65. The fourth-order valence-corrected chi connectivity index (χ4v) is 2.16. The number of aryl methyl sites for hydroxylation is 2. The lowest BCUT2D eigenvalue weighted by Crippen LogP contribution is -2.29. The average molecular weight is 219 g/mol. The van der Waals surface area contributed by atoms with E-state index in [-0.39, 0.29) is 0 Å². The summed E-state index contributed by atoms with van der Waals surface area (Å²) in [4.78, 5) is 0. The Morgan fingerprint density at radius 3 is 2.56 bits per heavy atom. The molecule has 0 aromatic heterocycles. The average Bonchev–Trinajstić information content (AvgIpc) is 2.25. The second-order valence-electron chi connectivity index (χ2n) is 5.36. The van der Waals surface area contributed by atoms with Gasteiger partial charge >= 0.3 is 0 Å². The van der Waals surface area contributed by atoms with Gasteiger partial charge in [-0.1, -0.05) is 6.07 Å². The van der Waals surface area contributed by atoms with Crippen molar-refractivity contribution in [2.24, 2.45) is 0 Å². The van der Waals surface area contributed by atoms with Gasteiger partial charge < -0.3 is 10.4 Å². The van der Waals surface area contributed by atoms with Gasteiger partial charge in [-0.15, -0.1) is 0 Å². The van der Waals surface area contributed by atoms with Crippen molar-refractivity contribution in [3.63, 3.8) is 0 Å². The standard InChI is InChI=1S/C14H21NO/c1-14(2,16)10-15-13-8-7-11-5-3-4-6-12(11)9-13/h7-9,15-16H,3-6,10H2,1-2H3. The lowest BCUT2D eigenvalue weighted by Gasteiger charge is -2.21. The molecule has 2 N–H and O–H groups in total. The van der Waals surface area contributed by atoms with Gasteiger partial charge in [0.05, 0.1) is 5.60 Å². The van der Waals surface area contributed by atoms with Crippen molar-refractivity contribution in [2.75, 3.05) is 11.9 Å². The summed E-state index contributed by atoms with van der Waals surface area (Å²) in [5, 5.41) is 12.9. The van der Waals surface area contributed by atoms with E-state index in [0.717, 1.165) is 5.69 Å². The van der Waals surface area contributed by atoms with Gasteiger partial charge in [0.25, 0.3) is 0 Å². The minimum atomic E-state index is -0.657. The number of hydrogen-bond donors (Lipinski definition) is 2. The second kappa shape index (κ2) is 4.46. The molecule has 1 aromatic carbocycles. The van der Waals surface area contributed by atoms with Crippen LogP contribution < -0.4 is 5.32 Å². The molecule has 0 saturated carbocycles. The van der Waals surface area contributed by atoms with Crippen LogP contribution >= 0.6 is 0 Å². The fraction of sp³-hybridized carbons (Fsp3) is 0.571. The second-order valence-corrected chi connectivity index (χ2v) is 5.36. The minimum Gasteiger partial charge on any atom is -0.389 e. The highest BCUT2D eigenvalue weighted by Gasteiger charge is 2.13. The van der Waals surface area contributed by atoms with E-state index in [1.807, 2.05) is 13.8 Å². The van der Waals surface area contributed by atoms with Gasteiger partial charge in [0.2, 0.25) is 0 Å². The molecule has 0 amide bonds. The van der Waals surface area contributed by atoms with Crippen LogP contribution in [-0.4, -0.2) is 17.3 Å². The molecular formula is C14H21NO. The van der Waals surface area contributed by atoms with Crippen LogP contribution in [-0.2, 0) is 12.8 Å². The maximum absolute atomic E-state index is 9.65. The Morgan fingerprint density at radius 2 is 1.88 bits per heavy atom. The van der Waals surface area contributed by atoms with E-state index in [2.05, 4.69) is 23.5 Å². The summed E-state index contributed by atoms with van der Waals surface area (Å²) in [7, 11) is 0. The zero-order chi connectivity index (χ0) is 11.6. The zero-order valence-corrected chi connectivity index (χ0v) is 10.2. The quantitative estimate of drug-likeness (QED) is 0.819. The number of anilines is 1. The van der Waals surface area contributed by atoms with Crippen molar-refractivity contribution >= 4 is 5.69 Å². The Kier molecular flexibility index (Phi) is 3.20. The van der Waals surface area contributed by atoms with Crippen molar-refractivity contribution in [3.8, 4) is 0 Å². The summed E-state index contributed by atoms with van der Waals surface area (Å²) in [5.74, 6) is 0. The van der Waals surface area contributed by atoms with E-state index in [9.17, 15) is 5.11 Å². The van der Waals surface area contributed by atoms with Crippen LogP contribution in [0.15, 0.2) is 18.2 Å². The first-order valence-electron chi connectivity index (χ1n) is 6.13. The first kappa shape index (κ1) is 11.5. The van der Waals surface area contributed by atoms with Crippen molar-refractivity contribution in [1.29, 1.82) is 0 Å². The van der Waals surface area contributed by atoms with E-state index >= 15 is 0 Å². The summed E-state index contributed by atoms with van der Waals surface area (Å²) in [5.41, 5.74) is 3.45. The number of hydrogen-bond acceptors (Lipinski definition) is 2. The first-order chi connectivity index (χ1) is 7.54. The predicted octanol–water partition coefficient (Wildman–Crippen LogP) is 2.75. The van der Waals surface area contributed by atoms with Crippen LogP contribution in [0.1, 0.15) is 37.8 Å². The monoisotopic (exact) mass is 219 g/mol. The van der Waals surface area contributed by atoms with Crippen molar-refractivity contribution in [1.82, 2.24) is 0 Å². The minimum absolute atomic E-state index is 0.589. The fourth-order valence-electron chi connectivity index (χ4n) is 2.16. The third-order valence-electron chi connectivity index (χ3n) is 3.07. The Morgan fingerprint density at radius 1 is 1.19 bits per heavy atom. The number of fused-ring (bicyclic) bond motifs is 1. The molecule has 1 aromatic rings. The number of aliphatic hydroxyl groups is 1. The molecular weight excluding hydrogens is 198 g/mol. The Balaban J connectivity index is 2.06. The van der Waals surface area contributed by atoms with E-state index in [0.29, 0.717) is 6.54 Å². The summed E-state index contributed by atoms with van der Waals surface area (Å²) >= 11 is 0. The molecule has 2 heteroatoms. The molecule has 0 radical (unpaired) electrons. The molecule has 88 valence electrons. The zero-order valence-electron chi connectivity index (χ0n) is 10.2. The van der Waals surface area contributed by atoms with Gasteiger partial charge in [0, 0.05) is 12.2 Å². The van der Waals surface area contributed by atoms with E-state index in [1.165, 1.54) is 36.8 Å². The van der Waals surface area contributed by atoms with Gasteiger partial charge in [0.1, 0.15) is 0 Å². The molecule has 2 nitrogen and oxygen atoms in total. The van der Waals surface area contributed by atoms with Crippen LogP contribution in [0.3, 0.4) is 0 Å². The van der Waals surface area contributed by atoms with E-state index in [1.54, 1.807) is 0 Å². The van der Waals surface area contributed by atoms with Crippen LogP contribution in [0.4, 0.5) is 5.69 Å². The molecule has 0 heterocycles. The topological polar surface area (TPSA) is 32.3 Å². The number of nitrogens with one attached hydrogen (secondary N) is 1. The molecule has 2 rings (SSSR count). The SMILES string of the molecule is CC(C)(O)CNc1ccc2c(c1)CCCC2. The predicted molar refractivity (Wildman–Crippen MR) is 67.9 cm³/mol. The van der Waals surface area contributed by atoms with Crippen LogP contribution in [0.25, 0.3) is 0 Å². The summed E-state index contributed by atoms with van der Waals surface area (Å²) < 4.78 is 0. The normalized spacial score (nSPS) is 15.7. The van der Waals surface area contributed by atoms with Crippen LogP contribution in [0.2, 0.25) is 0 Å². The molecule has 16 heavy (non-hydrogen) atoms. The first-order valence-corrected chi connectivity index (χ1v) is 6.13. The Bertz CT molecular complexity index is 365. The highest BCUT2D eigenvalue weighted by molar-refractivity contribution is 5.49. The molecule has 0 unspecified atom stereocenters. The largest absolute Gasteiger partial charge is 0.389 e. The summed E-state index contributed by atoms with van der Waals surface area (Å²) in [6, 6.07) is 6.58. The maximum Gasteiger partial charge on any atom is 0.0763 e. The lowest BCUT2D eigenvalue weighted by molar-refractivity contribution is 0.0945. The van der Waals surface area contributed by atoms with Gasteiger partial charge in [-0.25, -0.2) is 0 Å². The summed E-state index contributed by atoms with van der Waals surface area (Å²) in [6.45, 7) is 4.22. The van der Waals surface area contributed by atoms with Crippen molar-refractivity contribution in [3.05, 3.63) is 29.3 Å². The molecule has 0 aliphatic heterocycles. The molecule has 0 saturated heterocycles. The van der Waals surface area contributed by atoms with Crippen LogP contribution in [0.5, 0.6) is 0 Å². The van der Waals surface area contributed by atoms with Gasteiger partial charge in [-0.2, -0.15) is 0 Å². The van der Waals surface area contributed by atoms with E-state index in [4.69, 9.17) is 0 Å².